The molecule has 2 aromatic rings. The number of carboxylic acid groups (broad SMARTS) is 1. The average molecular weight is 429 g/mol. The van der Waals surface area contributed by atoms with E-state index in [4.69, 9.17) is 16.3 Å². The lowest BCUT2D eigenvalue weighted by atomic mass is 10.0. The molecule has 1 heterocycles. The van der Waals surface area contributed by atoms with Gasteiger partial charge in [0.05, 0.1) is 17.9 Å². The van der Waals surface area contributed by atoms with Crippen LogP contribution in [0.3, 0.4) is 0 Å². The Labute approximate surface area is 176 Å². The molecule has 0 unspecified atom stereocenters. The minimum atomic E-state index is -1.18. The van der Waals surface area contributed by atoms with E-state index in [1.54, 1.807) is 19.9 Å². The maximum atomic E-state index is 13.0. The monoisotopic (exact) mass is 428 g/mol. The number of carbonyl (C=O) groups is 4. The van der Waals surface area contributed by atoms with Crippen molar-refractivity contribution in [3.8, 4) is 5.75 Å². The predicted molar refractivity (Wildman–Crippen MR) is 110 cm³/mol. The second-order valence-electron chi connectivity index (χ2n) is 6.38. The molecule has 2 N–H and O–H groups in total. The molecule has 2 aromatic carbocycles. The summed E-state index contributed by atoms with van der Waals surface area (Å²) in [4.78, 5) is 49.8. The number of anilines is 1. The number of carboxylic acids is 1. The maximum absolute atomic E-state index is 13.0. The van der Waals surface area contributed by atoms with Crippen LogP contribution in [0.15, 0.2) is 42.0 Å². The molecule has 0 bridgehead atoms. The smallest absolute Gasteiger partial charge is 0.335 e. The number of amides is 4. The molecular weight excluding hydrogens is 412 g/mol. The van der Waals surface area contributed by atoms with Gasteiger partial charge in [0.1, 0.15) is 11.3 Å². The first-order valence-electron chi connectivity index (χ1n) is 8.90. The SMILES string of the molecule is CCOc1ccc(C(=O)O)cc1/C=C1\C(=O)NC(=O)N(c2ccc(C)c(Cl)c2)C1=O. The first-order valence-corrected chi connectivity index (χ1v) is 9.28. The molecule has 8 nitrogen and oxygen atoms in total. The summed E-state index contributed by atoms with van der Waals surface area (Å²) >= 11 is 6.10. The zero-order chi connectivity index (χ0) is 22.0. The summed E-state index contributed by atoms with van der Waals surface area (Å²) in [5, 5.41) is 11.7. The number of rotatable bonds is 5. The summed E-state index contributed by atoms with van der Waals surface area (Å²) in [5.74, 6) is -2.66. The standard InChI is InChI=1S/C21H17ClN2O6/c1-3-30-17-7-5-12(20(27)28)8-13(17)9-15-18(25)23-21(29)24(19(15)26)14-6-4-11(2)16(22)10-14/h4-10H,3H2,1-2H3,(H,27,28)(H,23,25,29)/b15-9+. The first kappa shape index (κ1) is 21.1. The van der Waals surface area contributed by atoms with E-state index in [9.17, 15) is 24.3 Å². The van der Waals surface area contributed by atoms with Crippen molar-refractivity contribution in [1.29, 1.82) is 0 Å². The zero-order valence-electron chi connectivity index (χ0n) is 16.1. The van der Waals surface area contributed by atoms with E-state index in [0.29, 0.717) is 5.02 Å². The number of hydrogen-bond donors (Lipinski definition) is 2. The molecule has 0 spiro atoms. The highest BCUT2D eigenvalue weighted by atomic mass is 35.5. The third-order valence-corrected chi connectivity index (χ3v) is 4.78. The van der Waals surface area contributed by atoms with Crippen LogP contribution in [0, 0.1) is 6.92 Å². The summed E-state index contributed by atoms with van der Waals surface area (Å²) in [7, 11) is 0. The molecule has 0 atom stereocenters. The van der Waals surface area contributed by atoms with Crippen molar-refractivity contribution < 1.29 is 29.0 Å². The third-order valence-electron chi connectivity index (χ3n) is 4.37. The van der Waals surface area contributed by atoms with Crippen LogP contribution in [0.5, 0.6) is 5.75 Å². The van der Waals surface area contributed by atoms with Crippen LogP contribution in [0.2, 0.25) is 5.02 Å². The number of imide groups is 2. The second-order valence-corrected chi connectivity index (χ2v) is 6.79. The Balaban J connectivity index is 2.09. The molecule has 30 heavy (non-hydrogen) atoms. The van der Waals surface area contributed by atoms with Crippen LogP contribution in [-0.4, -0.2) is 35.5 Å². The van der Waals surface area contributed by atoms with Crippen molar-refractivity contribution in [2.75, 3.05) is 11.5 Å². The molecular formula is C21H17ClN2O6. The van der Waals surface area contributed by atoms with Gasteiger partial charge >= 0.3 is 12.0 Å². The summed E-state index contributed by atoms with van der Waals surface area (Å²) in [6.45, 7) is 3.79. The molecule has 1 aliphatic heterocycles. The Morgan fingerprint density at radius 2 is 1.93 bits per heavy atom. The van der Waals surface area contributed by atoms with E-state index in [-0.39, 0.29) is 34.7 Å². The molecule has 1 fully saturated rings. The van der Waals surface area contributed by atoms with Gasteiger partial charge in [-0.25, -0.2) is 14.5 Å². The summed E-state index contributed by atoms with van der Waals surface area (Å²) in [6.07, 6.45) is 1.20. The predicted octanol–water partition coefficient (Wildman–Crippen LogP) is 3.41. The van der Waals surface area contributed by atoms with E-state index in [1.807, 2.05) is 0 Å². The lowest BCUT2D eigenvalue weighted by Crippen LogP contribution is -2.54. The van der Waals surface area contributed by atoms with Gasteiger partial charge in [0.2, 0.25) is 0 Å². The molecule has 3 rings (SSSR count). The third kappa shape index (κ3) is 4.04. The number of carbonyl (C=O) groups excluding carboxylic acids is 3. The van der Waals surface area contributed by atoms with E-state index in [1.165, 1.54) is 36.4 Å². The topological polar surface area (TPSA) is 113 Å². The summed E-state index contributed by atoms with van der Waals surface area (Å²) < 4.78 is 5.47. The Bertz CT molecular complexity index is 1110. The highest BCUT2D eigenvalue weighted by Crippen LogP contribution is 2.28. The minimum Gasteiger partial charge on any atom is -0.493 e. The van der Waals surface area contributed by atoms with Gasteiger partial charge < -0.3 is 9.84 Å². The minimum absolute atomic E-state index is 0.0489. The van der Waals surface area contributed by atoms with E-state index >= 15 is 0 Å². The number of aryl methyl sites for hydroxylation is 1. The Morgan fingerprint density at radius 3 is 2.57 bits per heavy atom. The number of hydrogen-bond acceptors (Lipinski definition) is 5. The molecule has 0 aliphatic carbocycles. The average Bonchev–Trinajstić information content (AvgIpc) is 2.68. The number of aromatic carboxylic acids is 1. The maximum Gasteiger partial charge on any atom is 0.335 e. The Kier molecular flexibility index (Phi) is 5.89. The lowest BCUT2D eigenvalue weighted by Gasteiger charge is -2.26. The van der Waals surface area contributed by atoms with Crippen LogP contribution in [0.1, 0.15) is 28.4 Å². The number of benzene rings is 2. The lowest BCUT2D eigenvalue weighted by molar-refractivity contribution is -0.122. The fourth-order valence-electron chi connectivity index (χ4n) is 2.85. The highest BCUT2D eigenvalue weighted by Gasteiger charge is 2.37. The van der Waals surface area contributed by atoms with Crippen LogP contribution in [-0.2, 0) is 9.59 Å². The van der Waals surface area contributed by atoms with Crippen molar-refractivity contribution in [2.24, 2.45) is 0 Å². The molecule has 154 valence electrons. The van der Waals surface area contributed by atoms with Gasteiger partial charge in [0.25, 0.3) is 11.8 Å². The van der Waals surface area contributed by atoms with Crippen molar-refractivity contribution in [2.45, 2.75) is 13.8 Å². The van der Waals surface area contributed by atoms with Gasteiger partial charge in [-0.2, -0.15) is 0 Å². The Hall–Kier alpha value is -3.65. The fourth-order valence-corrected chi connectivity index (χ4v) is 3.02. The number of nitrogens with one attached hydrogen (secondary N) is 1. The number of halogens is 1. The van der Waals surface area contributed by atoms with E-state index in [2.05, 4.69) is 5.32 Å². The molecule has 1 saturated heterocycles. The summed E-state index contributed by atoms with van der Waals surface area (Å²) in [6, 6.07) is 7.77. The molecule has 0 aromatic heterocycles. The van der Waals surface area contributed by atoms with Gasteiger partial charge in [-0.1, -0.05) is 17.7 Å². The fraction of sp³-hybridized carbons (Fsp3) is 0.143. The molecule has 4 amide bonds. The van der Waals surface area contributed by atoms with Gasteiger partial charge in [-0.3, -0.25) is 14.9 Å². The quantitative estimate of drug-likeness (QED) is 0.557. The molecule has 1 aliphatic rings. The molecule has 0 saturated carbocycles. The van der Waals surface area contributed by atoms with Crippen molar-refractivity contribution in [3.63, 3.8) is 0 Å². The van der Waals surface area contributed by atoms with Crippen LogP contribution < -0.4 is 15.0 Å². The van der Waals surface area contributed by atoms with Crippen LogP contribution >= 0.6 is 11.6 Å². The van der Waals surface area contributed by atoms with Crippen LogP contribution in [0.4, 0.5) is 10.5 Å². The van der Waals surface area contributed by atoms with Gasteiger partial charge in [0.15, 0.2) is 0 Å². The van der Waals surface area contributed by atoms with E-state index < -0.39 is 23.8 Å². The van der Waals surface area contributed by atoms with Gasteiger partial charge in [0, 0.05) is 10.6 Å². The first-order chi connectivity index (χ1) is 14.2. The van der Waals surface area contributed by atoms with Crippen molar-refractivity contribution >= 4 is 47.2 Å². The molecule has 9 heteroatoms. The van der Waals surface area contributed by atoms with Gasteiger partial charge in [-0.05, 0) is 55.8 Å². The largest absolute Gasteiger partial charge is 0.493 e. The van der Waals surface area contributed by atoms with Crippen LogP contribution in [0.25, 0.3) is 6.08 Å². The second kappa shape index (κ2) is 8.38. The van der Waals surface area contributed by atoms with Crippen molar-refractivity contribution in [1.82, 2.24) is 5.32 Å². The highest BCUT2D eigenvalue weighted by molar-refractivity contribution is 6.39. The normalized spacial score (nSPS) is 15.4. The molecule has 0 radical (unpaired) electrons. The van der Waals surface area contributed by atoms with Gasteiger partial charge in [-0.15, -0.1) is 0 Å². The zero-order valence-corrected chi connectivity index (χ0v) is 16.8. The summed E-state index contributed by atoms with van der Waals surface area (Å²) in [5.41, 5.74) is 0.758. The van der Waals surface area contributed by atoms with Crippen molar-refractivity contribution in [3.05, 3.63) is 63.7 Å². The number of nitrogens with zero attached hydrogens (tertiary/aromatic N) is 1. The Morgan fingerprint density at radius 1 is 1.20 bits per heavy atom. The number of ether oxygens (including phenoxy) is 1. The number of barbiturate groups is 1. The number of urea groups is 1. The van der Waals surface area contributed by atoms with E-state index in [0.717, 1.165) is 10.5 Å².